The normalized spacial score (nSPS) is 13.2. The number of anilines is 1. The number of carbonyl (C=O) groups is 1. The van der Waals surface area contributed by atoms with Crippen molar-refractivity contribution in [2.45, 2.75) is 44.2 Å². The summed E-state index contributed by atoms with van der Waals surface area (Å²) in [6, 6.07) is 10.0. The molecule has 0 aliphatic heterocycles. The number of hydrogen-bond acceptors (Lipinski definition) is 7. The van der Waals surface area contributed by atoms with E-state index in [4.69, 9.17) is 4.74 Å². The molecule has 0 radical (unpaired) electrons. The maximum atomic E-state index is 12.6. The maximum absolute atomic E-state index is 12.6. The highest BCUT2D eigenvalue weighted by atomic mass is 32.2. The van der Waals surface area contributed by atoms with Crippen molar-refractivity contribution in [3.63, 3.8) is 0 Å². The van der Waals surface area contributed by atoms with Crippen LogP contribution in [-0.2, 0) is 24.7 Å². The second-order valence-corrected chi connectivity index (χ2v) is 9.56. The number of benzene rings is 1. The highest BCUT2D eigenvalue weighted by Gasteiger charge is 2.21. The van der Waals surface area contributed by atoms with Crippen LogP contribution in [0.2, 0.25) is 0 Å². The van der Waals surface area contributed by atoms with Crippen LogP contribution >= 0.6 is 23.1 Å². The monoisotopic (exact) mass is 467 g/mol. The predicted molar refractivity (Wildman–Crippen MR) is 127 cm³/mol. The molecule has 1 amide bonds. The Morgan fingerprint density at radius 2 is 2.09 bits per heavy atom. The van der Waals surface area contributed by atoms with Gasteiger partial charge in [-0.2, -0.15) is 5.26 Å². The van der Waals surface area contributed by atoms with E-state index in [-0.39, 0.29) is 11.7 Å². The van der Waals surface area contributed by atoms with Gasteiger partial charge in [-0.1, -0.05) is 30.3 Å². The van der Waals surface area contributed by atoms with Gasteiger partial charge in [-0.3, -0.25) is 4.79 Å². The summed E-state index contributed by atoms with van der Waals surface area (Å²) in [7, 11) is 1.88. The van der Waals surface area contributed by atoms with Gasteiger partial charge in [0.15, 0.2) is 11.0 Å². The third kappa shape index (κ3) is 4.66. The van der Waals surface area contributed by atoms with E-state index in [0.717, 1.165) is 42.6 Å². The van der Waals surface area contributed by atoms with Crippen molar-refractivity contribution in [1.29, 1.82) is 5.26 Å². The van der Waals surface area contributed by atoms with Gasteiger partial charge in [-0.25, -0.2) is 0 Å². The molecule has 4 rings (SSSR count). The molecular weight excluding hydrogens is 442 g/mol. The van der Waals surface area contributed by atoms with E-state index in [9.17, 15) is 10.1 Å². The van der Waals surface area contributed by atoms with Gasteiger partial charge >= 0.3 is 0 Å². The third-order valence-corrected chi connectivity index (χ3v) is 7.61. The molecule has 0 atom stereocenters. The summed E-state index contributed by atoms with van der Waals surface area (Å²) in [5, 5.41) is 22.5. The lowest BCUT2D eigenvalue weighted by atomic mass is 10.1. The summed E-state index contributed by atoms with van der Waals surface area (Å²) in [6.45, 7) is 2.50. The Bertz CT molecular complexity index is 1160. The van der Waals surface area contributed by atoms with Crippen molar-refractivity contribution in [3.05, 3.63) is 40.3 Å². The van der Waals surface area contributed by atoms with E-state index < -0.39 is 0 Å². The first-order chi connectivity index (χ1) is 15.6. The van der Waals surface area contributed by atoms with Crippen molar-refractivity contribution in [3.8, 4) is 23.2 Å². The molecule has 0 fully saturated rings. The zero-order valence-corrected chi connectivity index (χ0v) is 19.8. The summed E-state index contributed by atoms with van der Waals surface area (Å²) >= 11 is 2.87. The predicted octanol–water partition coefficient (Wildman–Crippen LogP) is 4.81. The number of thiophene rings is 1. The third-order valence-electron chi connectivity index (χ3n) is 5.38. The molecule has 1 aliphatic carbocycles. The summed E-state index contributed by atoms with van der Waals surface area (Å²) in [6.07, 6.45) is 5.35. The molecule has 1 aromatic carbocycles. The van der Waals surface area contributed by atoms with Crippen LogP contribution in [0.15, 0.2) is 29.4 Å². The molecule has 7 nitrogen and oxygen atoms in total. The van der Waals surface area contributed by atoms with Gasteiger partial charge in [0.05, 0.1) is 23.5 Å². The van der Waals surface area contributed by atoms with Crippen LogP contribution in [0.5, 0.6) is 5.75 Å². The van der Waals surface area contributed by atoms with E-state index in [1.54, 1.807) is 11.3 Å². The van der Waals surface area contributed by atoms with E-state index in [1.165, 1.54) is 23.1 Å². The van der Waals surface area contributed by atoms with Crippen molar-refractivity contribution in [2.24, 2.45) is 7.05 Å². The summed E-state index contributed by atoms with van der Waals surface area (Å²) < 4.78 is 7.57. The largest absolute Gasteiger partial charge is 0.493 e. The molecule has 3 aromatic rings. The zero-order chi connectivity index (χ0) is 22.5. The minimum Gasteiger partial charge on any atom is -0.493 e. The van der Waals surface area contributed by atoms with Crippen molar-refractivity contribution < 1.29 is 9.53 Å². The molecule has 2 heterocycles. The molecular formula is C23H25N5O2S2. The molecule has 0 unspecified atom stereocenters. The van der Waals surface area contributed by atoms with Crippen molar-refractivity contribution in [1.82, 2.24) is 14.8 Å². The molecule has 32 heavy (non-hydrogen) atoms. The minimum atomic E-state index is -0.151. The van der Waals surface area contributed by atoms with E-state index in [1.807, 2.05) is 42.8 Å². The number of carbonyl (C=O) groups excluding carboxylic acids is 1. The number of thioether (sulfide) groups is 1. The van der Waals surface area contributed by atoms with Gasteiger partial charge in [-0.05, 0) is 50.3 Å². The minimum absolute atomic E-state index is 0.151. The summed E-state index contributed by atoms with van der Waals surface area (Å²) in [5.74, 6) is 1.47. The van der Waals surface area contributed by atoms with Gasteiger partial charge in [0.2, 0.25) is 5.91 Å². The van der Waals surface area contributed by atoms with E-state index in [2.05, 4.69) is 21.6 Å². The Morgan fingerprint density at radius 1 is 1.28 bits per heavy atom. The van der Waals surface area contributed by atoms with Crippen LogP contribution in [0.1, 0.15) is 42.2 Å². The number of aryl methyl sites for hydroxylation is 1. The fourth-order valence-corrected chi connectivity index (χ4v) is 5.82. The molecule has 2 aromatic heterocycles. The van der Waals surface area contributed by atoms with Crippen LogP contribution in [0.25, 0.3) is 11.4 Å². The average molecular weight is 468 g/mol. The first kappa shape index (κ1) is 22.4. The standard InChI is InChI=1S/C23H25N5O2S2/c1-3-30-18-11-8-7-10-16(18)21-26-27-23(28(21)2)31-14-20(29)25-22-17(13-24)15-9-5-4-6-12-19(15)32-22/h7-8,10-11H,3-6,9,12,14H2,1-2H3,(H,25,29). The average Bonchev–Trinajstić information content (AvgIpc) is 3.22. The number of ether oxygens (including phenoxy) is 1. The maximum Gasteiger partial charge on any atom is 0.235 e. The smallest absolute Gasteiger partial charge is 0.235 e. The van der Waals surface area contributed by atoms with Gasteiger partial charge in [0.1, 0.15) is 16.8 Å². The first-order valence-electron chi connectivity index (χ1n) is 10.7. The molecule has 9 heteroatoms. The van der Waals surface area contributed by atoms with Crippen molar-refractivity contribution >= 4 is 34.0 Å². The fraction of sp³-hybridized carbons (Fsp3) is 0.391. The Morgan fingerprint density at radius 3 is 2.91 bits per heavy atom. The number of nitriles is 1. The zero-order valence-electron chi connectivity index (χ0n) is 18.2. The number of amides is 1. The number of nitrogens with zero attached hydrogens (tertiary/aromatic N) is 4. The van der Waals surface area contributed by atoms with Crippen molar-refractivity contribution in [2.75, 3.05) is 17.7 Å². The second kappa shape index (κ2) is 10.2. The number of nitrogens with one attached hydrogen (secondary N) is 1. The highest BCUT2D eigenvalue weighted by molar-refractivity contribution is 7.99. The lowest BCUT2D eigenvalue weighted by molar-refractivity contribution is -0.113. The molecule has 1 aliphatic rings. The fourth-order valence-electron chi connectivity index (χ4n) is 3.85. The van der Waals surface area contributed by atoms with E-state index >= 15 is 0 Å². The van der Waals surface area contributed by atoms with Crippen LogP contribution in [0, 0.1) is 11.3 Å². The van der Waals surface area contributed by atoms with Crippen LogP contribution < -0.4 is 10.1 Å². The highest BCUT2D eigenvalue weighted by Crippen LogP contribution is 2.37. The quantitative estimate of drug-likeness (QED) is 0.396. The molecule has 1 N–H and O–H groups in total. The van der Waals surface area contributed by atoms with Crippen LogP contribution in [-0.4, -0.2) is 33.0 Å². The summed E-state index contributed by atoms with van der Waals surface area (Å²) in [5.41, 5.74) is 2.63. The Kier molecular flexibility index (Phi) is 7.12. The van der Waals surface area contributed by atoms with E-state index in [0.29, 0.717) is 28.2 Å². The molecule has 0 bridgehead atoms. The van der Waals surface area contributed by atoms with Crippen LogP contribution in [0.3, 0.4) is 0 Å². The molecule has 0 saturated heterocycles. The molecule has 0 saturated carbocycles. The SMILES string of the molecule is CCOc1ccccc1-c1nnc(SCC(=O)Nc2sc3c(c2C#N)CCCCC3)n1C. The lowest BCUT2D eigenvalue weighted by Crippen LogP contribution is -2.14. The Balaban J connectivity index is 1.44. The van der Waals surface area contributed by atoms with Gasteiger partial charge in [0.25, 0.3) is 0 Å². The van der Waals surface area contributed by atoms with Gasteiger partial charge in [0, 0.05) is 11.9 Å². The number of rotatable bonds is 7. The molecule has 0 spiro atoms. The second-order valence-electron chi connectivity index (χ2n) is 7.51. The molecule has 166 valence electrons. The van der Waals surface area contributed by atoms with Crippen LogP contribution in [0.4, 0.5) is 5.00 Å². The van der Waals surface area contributed by atoms with Gasteiger partial charge < -0.3 is 14.6 Å². The Labute approximate surface area is 195 Å². The topological polar surface area (TPSA) is 92.8 Å². The number of para-hydroxylation sites is 1. The van der Waals surface area contributed by atoms with Gasteiger partial charge in [-0.15, -0.1) is 21.5 Å². The number of hydrogen-bond donors (Lipinski definition) is 1. The first-order valence-corrected chi connectivity index (χ1v) is 12.5. The number of aromatic nitrogens is 3. The number of fused-ring (bicyclic) bond motifs is 1. The lowest BCUT2D eigenvalue weighted by Gasteiger charge is -2.09. The summed E-state index contributed by atoms with van der Waals surface area (Å²) in [4.78, 5) is 13.9. The Hall–Kier alpha value is -2.83.